The quantitative estimate of drug-likeness (QED) is 0.169. The molecule has 1 saturated heterocycles. The zero-order valence-corrected chi connectivity index (χ0v) is 35.3. The van der Waals surface area contributed by atoms with Crippen LogP contribution in [0.5, 0.6) is 0 Å². The van der Waals surface area contributed by atoms with E-state index in [1.807, 2.05) is 24.4 Å². The van der Waals surface area contributed by atoms with Gasteiger partial charge in [0, 0.05) is 30.8 Å². The Balaban J connectivity index is 0.000000910. The molecule has 5 rings (SSSR count). The number of aryl methyl sites for hydroxylation is 1. The number of carbonyl (C=O) groups is 2. The summed E-state index contributed by atoms with van der Waals surface area (Å²) in [7, 11) is 0. The average molecular weight is 759 g/mol. The standard InChI is InChI=1S/C40H54F2N4O.C4H6O.C3H8/c1-9-40(7,8)24-34(36(25(2)3)32-13-12-16-44-37(32)26(4)5)33-23-29(15-14-27(33)6)30-19-28(20-31(22-30)38(41)42)21-35(43)39(47)46-18-11-10-17-45-46;5-3-4-1-2-4;1-3-2/h12-16,19-20,22-23,25-26,35,38,45H,9-11,17-18,21,24,43H2,1-8H3;3-4H,1-2H2;3H2,1-2H3/b36-34+;;. The van der Waals surface area contributed by atoms with E-state index in [4.69, 9.17) is 10.7 Å². The zero-order valence-electron chi connectivity index (χ0n) is 35.3. The van der Waals surface area contributed by atoms with E-state index in [2.05, 4.69) is 92.9 Å². The molecule has 3 N–H and O–H groups in total. The Morgan fingerprint density at radius 3 is 2.22 bits per heavy atom. The molecule has 1 aromatic heterocycles. The van der Waals surface area contributed by atoms with Crippen molar-refractivity contribution in [1.29, 1.82) is 0 Å². The first-order valence-electron chi connectivity index (χ1n) is 20.5. The molecule has 1 amide bonds. The van der Waals surface area contributed by atoms with Crippen LogP contribution in [0.3, 0.4) is 0 Å². The molecule has 8 heteroatoms. The Hall–Kier alpha value is -3.75. The minimum Gasteiger partial charge on any atom is -0.320 e. The Morgan fingerprint density at radius 2 is 1.69 bits per heavy atom. The van der Waals surface area contributed by atoms with Gasteiger partial charge in [-0.3, -0.25) is 14.8 Å². The number of nitrogens with zero attached hydrogens (tertiary/aromatic N) is 2. The fourth-order valence-corrected chi connectivity index (χ4v) is 6.77. The lowest BCUT2D eigenvalue weighted by Crippen LogP contribution is -2.53. The minimum atomic E-state index is -2.65. The van der Waals surface area contributed by atoms with Crippen LogP contribution in [0.4, 0.5) is 8.78 Å². The van der Waals surface area contributed by atoms with E-state index >= 15 is 0 Å². The molecule has 2 aromatic carbocycles. The van der Waals surface area contributed by atoms with Crippen molar-refractivity contribution < 1.29 is 18.4 Å². The van der Waals surface area contributed by atoms with Gasteiger partial charge in [0.2, 0.25) is 0 Å². The number of halogens is 2. The van der Waals surface area contributed by atoms with Gasteiger partial charge in [-0.05, 0) is 125 Å². The van der Waals surface area contributed by atoms with Gasteiger partial charge >= 0.3 is 0 Å². The van der Waals surface area contributed by atoms with Crippen molar-refractivity contribution >= 4 is 23.3 Å². The number of hydrazine groups is 1. The third kappa shape index (κ3) is 13.5. The summed E-state index contributed by atoms with van der Waals surface area (Å²) in [6.45, 7) is 23.4. The molecule has 1 aliphatic carbocycles. The SMILES string of the molecule is CCC.CCC(C)(C)C/C(=C(\c1cccnc1C(C)C)C(C)C)c1cc(-c2cc(CC(N)C(=O)N3CCCCN3)cc(C(F)F)c2)ccc1C.O=CC1CC1. The Kier molecular flexibility index (Phi) is 17.9. The monoisotopic (exact) mass is 759 g/mol. The summed E-state index contributed by atoms with van der Waals surface area (Å²) in [4.78, 5) is 27.4. The van der Waals surface area contributed by atoms with Crippen LogP contribution in [0.2, 0.25) is 0 Å². The number of benzene rings is 2. The van der Waals surface area contributed by atoms with Gasteiger partial charge in [-0.15, -0.1) is 0 Å². The number of allylic oxidation sites excluding steroid dienone is 2. The van der Waals surface area contributed by atoms with Crippen LogP contribution in [-0.2, 0) is 16.0 Å². The molecular formula is C47H68F2N4O2. The molecule has 302 valence electrons. The lowest BCUT2D eigenvalue weighted by molar-refractivity contribution is -0.136. The van der Waals surface area contributed by atoms with Gasteiger partial charge in [-0.25, -0.2) is 14.2 Å². The van der Waals surface area contributed by atoms with Gasteiger partial charge in [0.05, 0.1) is 11.7 Å². The highest BCUT2D eigenvalue weighted by Gasteiger charge is 2.27. The first kappa shape index (κ1) is 45.6. The summed E-state index contributed by atoms with van der Waals surface area (Å²) < 4.78 is 28.6. The predicted molar refractivity (Wildman–Crippen MR) is 226 cm³/mol. The van der Waals surface area contributed by atoms with Crippen LogP contribution in [0.25, 0.3) is 22.3 Å². The number of pyridine rings is 1. The topological polar surface area (TPSA) is 88.3 Å². The summed E-state index contributed by atoms with van der Waals surface area (Å²) in [5.41, 5.74) is 18.7. The molecule has 1 unspecified atom stereocenters. The van der Waals surface area contributed by atoms with E-state index < -0.39 is 12.5 Å². The van der Waals surface area contributed by atoms with Crippen molar-refractivity contribution in [3.63, 3.8) is 0 Å². The molecule has 55 heavy (non-hydrogen) atoms. The van der Waals surface area contributed by atoms with Gasteiger partial charge in [0.25, 0.3) is 12.3 Å². The lowest BCUT2D eigenvalue weighted by Gasteiger charge is -2.30. The van der Waals surface area contributed by atoms with E-state index in [0.29, 0.717) is 23.6 Å². The first-order valence-corrected chi connectivity index (χ1v) is 20.5. The van der Waals surface area contributed by atoms with Crippen molar-refractivity contribution in [2.45, 2.75) is 139 Å². The molecule has 2 aliphatic rings. The van der Waals surface area contributed by atoms with Gasteiger partial charge < -0.3 is 10.5 Å². The molecule has 1 atom stereocenters. The number of aromatic nitrogens is 1. The van der Waals surface area contributed by atoms with Crippen molar-refractivity contribution in [2.75, 3.05) is 13.1 Å². The maximum absolute atomic E-state index is 14.3. The predicted octanol–water partition coefficient (Wildman–Crippen LogP) is 11.5. The van der Waals surface area contributed by atoms with E-state index in [9.17, 15) is 18.4 Å². The third-order valence-corrected chi connectivity index (χ3v) is 10.3. The van der Waals surface area contributed by atoms with Crippen molar-refractivity contribution in [1.82, 2.24) is 15.4 Å². The van der Waals surface area contributed by atoms with E-state index in [-0.39, 0.29) is 35.1 Å². The second-order valence-corrected chi connectivity index (χ2v) is 16.7. The number of hydrogen-bond donors (Lipinski definition) is 2. The second-order valence-electron chi connectivity index (χ2n) is 16.7. The van der Waals surface area contributed by atoms with E-state index in [1.165, 1.54) is 29.2 Å². The number of nitrogens with two attached hydrogens (primary N) is 1. The second kappa shape index (κ2) is 21.5. The molecule has 1 aliphatic heterocycles. The minimum absolute atomic E-state index is 0.0345. The molecule has 3 aromatic rings. The first-order chi connectivity index (χ1) is 26.1. The van der Waals surface area contributed by atoms with Gasteiger partial charge in [0.1, 0.15) is 6.29 Å². The fourth-order valence-electron chi connectivity index (χ4n) is 6.77. The molecule has 0 spiro atoms. The summed E-state index contributed by atoms with van der Waals surface area (Å²) in [5.74, 6) is 0.726. The fraction of sp³-hybridized carbons (Fsp3) is 0.553. The number of aldehydes is 1. The van der Waals surface area contributed by atoms with Crippen molar-refractivity contribution in [3.05, 3.63) is 88.2 Å². The maximum Gasteiger partial charge on any atom is 0.263 e. The van der Waals surface area contributed by atoms with Gasteiger partial charge in [-0.1, -0.05) is 105 Å². The molecule has 1 saturated carbocycles. The summed E-state index contributed by atoms with van der Waals surface area (Å²) in [6, 6.07) is 14.6. The summed E-state index contributed by atoms with van der Waals surface area (Å²) in [6.07, 6.45) is 7.74. The molecule has 2 heterocycles. The lowest BCUT2D eigenvalue weighted by atomic mass is 9.75. The number of hydrogen-bond acceptors (Lipinski definition) is 5. The smallest absolute Gasteiger partial charge is 0.263 e. The zero-order chi connectivity index (χ0) is 40.9. The number of rotatable bonds is 13. The van der Waals surface area contributed by atoms with Crippen molar-refractivity contribution in [2.24, 2.45) is 23.0 Å². The Bertz CT molecular complexity index is 1720. The van der Waals surface area contributed by atoms with Crippen LogP contribution in [-0.4, -0.2) is 41.3 Å². The summed E-state index contributed by atoms with van der Waals surface area (Å²) >= 11 is 0. The van der Waals surface area contributed by atoms with E-state index in [1.54, 1.807) is 11.1 Å². The Labute approximate surface area is 330 Å². The normalized spacial score (nSPS) is 15.5. The highest BCUT2D eigenvalue weighted by molar-refractivity contribution is 5.94. The number of amides is 1. The van der Waals surface area contributed by atoms with Crippen LogP contribution in [0.15, 0.2) is 54.7 Å². The van der Waals surface area contributed by atoms with Crippen LogP contribution < -0.4 is 11.2 Å². The third-order valence-electron chi connectivity index (χ3n) is 10.3. The maximum atomic E-state index is 14.3. The number of nitrogens with one attached hydrogen (secondary N) is 1. The largest absolute Gasteiger partial charge is 0.320 e. The molecular weight excluding hydrogens is 691 g/mol. The van der Waals surface area contributed by atoms with Crippen LogP contribution in [0.1, 0.15) is 153 Å². The van der Waals surface area contributed by atoms with Crippen LogP contribution >= 0.6 is 0 Å². The van der Waals surface area contributed by atoms with Crippen LogP contribution in [0, 0.1) is 24.2 Å². The number of alkyl halides is 2. The average Bonchev–Trinajstić information content (AvgIpc) is 4.00. The molecule has 0 radical (unpaired) electrons. The highest BCUT2D eigenvalue weighted by atomic mass is 19.3. The summed E-state index contributed by atoms with van der Waals surface area (Å²) in [5, 5.41) is 1.57. The molecule has 0 bridgehead atoms. The molecule has 6 nitrogen and oxygen atoms in total. The van der Waals surface area contributed by atoms with Gasteiger partial charge in [-0.2, -0.15) is 0 Å². The van der Waals surface area contributed by atoms with E-state index in [0.717, 1.165) is 73.7 Å². The highest BCUT2D eigenvalue weighted by Crippen LogP contribution is 2.44. The van der Waals surface area contributed by atoms with Crippen molar-refractivity contribution in [3.8, 4) is 11.1 Å². The molecule has 2 fully saturated rings. The number of carbonyl (C=O) groups excluding carboxylic acids is 2. The van der Waals surface area contributed by atoms with Gasteiger partial charge in [0.15, 0.2) is 0 Å². The Morgan fingerprint density at radius 1 is 1.00 bits per heavy atom.